The topological polar surface area (TPSA) is 82.3 Å². The maximum absolute atomic E-state index is 6.17. The van der Waals surface area contributed by atoms with Crippen molar-refractivity contribution in [3.8, 4) is 17.4 Å². The van der Waals surface area contributed by atoms with E-state index in [2.05, 4.69) is 15.3 Å². The van der Waals surface area contributed by atoms with Crippen molar-refractivity contribution >= 4 is 17.2 Å². The number of nitrogens with zero attached hydrogens (tertiary/aromatic N) is 2. The van der Waals surface area contributed by atoms with Gasteiger partial charge in [0.05, 0.1) is 7.11 Å². The molecule has 128 valence electrons. The lowest BCUT2D eigenvalue weighted by Crippen LogP contribution is -2.03. The van der Waals surface area contributed by atoms with Crippen LogP contribution in [0.4, 0.5) is 17.2 Å². The molecule has 6 nitrogen and oxygen atoms in total. The van der Waals surface area contributed by atoms with Crippen molar-refractivity contribution in [3.63, 3.8) is 0 Å². The summed E-state index contributed by atoms with van der Waals surface area (Å²) >= 11 is 0. The van der Waals surface area contributed by atoms with E-state index in [9.17, 15) is 0 Å². The third kappa shape index (κ3) is 3.80. The third-order valence-corrected chi connectivity index (χ3v) is 3.87. The molecule has 0 aliphatic heterocycles. The highest BCUT2D eigenvalue weighted by molar-refractivity contribution is 5.72. The molecule has 0 atom stereocenters. The lowest BCUT2D eigenvalue weighted by Gasteiger charge is -2.13. The molecule has 0 unspecified atom stereocenters. The van der Waals surface area contributed by atoms with Crippen molar-refractivity contribution in [1.82, 2.24) is 9.97 Å². The highest BCUT2D eigenvalue weighted by Gasteiger charge is 2.11. The van der Waals surface area contributed by atoms with Gasteiger partial charge in [-0.1, -0.05) is 12.1 Å². The number of hydrogen-bond donors (Lipinski definition) is 2. The summed E-state index contributed by atoms with van der Waals surface area (Å²) in [6.45, 7) is 4.08. The molecule has 0 saturated heterocycles. The number of nitrogens with one attached hydrogen (secondary N) is 1. The smallest absolute Gasteiger partial charge is 0.248 e. The van der Waals surface area contributed by atoms with Gasteiger partial charge in [-0.2, -0.15) is 4.98 Å². The molecule has 3 N–H and O–H groups in total. The summed E-state index contributed by atoms with van der Waals surface area (Å²) in [5.74, 6) is 2.20. The SMILES string of the molecule is COc1cccc(Nc2ncnc(Oc3ccc(C)c(C)c3)c2N)c1. The van der Waals surface area contributed by atoms with E-state index >= 15 is 0 Å². The van der Waals surface area contributed by atoms with Crippen molar-refractivity contribution in [3.05, 3.63) is 59.9 Å². The molecule has 1 heterocycles. The number of rotatable bonds is 5. The highest BCUT2D eigenvalue weighted by Crippen LogP contribution is 2.32. The Kier molecular flexibility index (Phi) is 4.70. The summed E-state index contributed by atoms with van der Waals surface area (Å²) < 4.78 is 11.0. The van der Waals surface area contributed by atoms with Crippen LogP contribution in [0.25, 0.3) is 0 Å². The minimum atomic E-state index is 0.309. The van der Waals surface area contributed by atoms with Crippen LogP contribution in [0.5, 0.6) is 17.4 Å². The predicted octanol–water partition coefficient (Wildman–Crippen LogP) is 4.22. The second kappa shape index (κ2) is 7.09. The molecule has 1 aromatic heterocycles. The highest BCUT2D eigenvalue weighted by atomic mass is 16.5. The Hall–Kier alpha value is -3.28. The van der Waals surface area contributed by atoms with Gasteiger partial charge in [-0.25, -0.2) is 4.98 Å². The average molecular weight is 336 g/mol. The van der Waals surface area contributed by atoms with Crippen LogP contribution in [0.1, 0.15) is 11.1 Å². The molecule has 25 heavy (non-hydrogen) atoms. The van der Waals surface area contributed by atoms with E-state index in [-0.39, 0.29) is 0 Å². The molecule has 0 amide bonds. The molecular weight excluding hydrogens is 316 g/mol. The molecular formula is C19H20N4O2. The fourth-order valence-corrected chi connectivity index (χ4v) is 2.29. The molecule has 2 aromatic carbocycles. The Balaban J connectivity index is 1.85. The maximum Gasteiger partial charge on any atom is 0.248 e. The van der Waals surface area contributed by atoms with E-state index in [4.69, 9.17) is 15.2 Å². The van der Waals surface area contributed by atoms with Crippen LogP contribution >= 0.6 is 0 Å². The molecule has 0 aliphatic rings. The first-order valence-electron chi connectivity index (χ1n) is 7.83. The summed E-state index contributed by atoms with van der Waals surface area (Å²) in [6, 6.07) is 13.3. The van der Waals surface area contributed by atoms with E-state index in [1.54, 1.807) is 7.11 Å². The second-order valence-electron chi connectivity index (χ2n) is 5.65. The number of aryl methyl sites for hydroxylation is 2. The molecule has 0 fully saturated rings. The van der Waals surface area contributed by atoms with Gasteiger partial charge >= 0.3 is 0 Å². The standard InChI is InChI=1S/C19H20N4O2/c1-12-7-8-16(9-13(12)2)25-19-17(20)18(21-11-22-19)23-14-5-4-6-15(10-14)24-3/h4-11H,20H2,1-3H3,(H,21,22,23). The van der Waals surface area contributed by atoms with Crippen LogP contribution in [0.2, 0.25) is 0 Å². The number of hydrogen-bond acceptors (Lipinski definition) is 6. The van der Waals surface area contributed by atoms with Crippen LogP contribution in [0, 0.1) is 13.8 Å². The first kappa shape index (κ1) is 16.6. The Morgan fingerprint density at radius 3 is 2.56 bits per heavy atom. The number of nitrogen functional groups attached to an aromatic ring is 1. The maximum atomic E-state index is 6.17. The summed E-state index contributed by atoms with van der Waals surface area (Å²) in [6.07, 6.45) is 1.41. The van der Waals surface area contributed by atoms with E-state index in [1.165, 1.54) is 11.9 Å². The summed E-state index contributed by atoms with van der Waals surface area (Å²) in [7, 11) is 1.62. The fourth-order valence-electron chi connectivity index (χ4n) is 2.29. The van der Waals surface area contributed by atoms with Crippen LogP contribution in [0.15, 0.2) is 48.8 Å². The number of anilines is 3. The second-order valence-corrected chi connectivity index (χ2v) is 5.65. The largest absolute Gasteiger partial charge is 0.497 e. The van der Waals surface area contributed by atoms with Gasteiger partial charge in [0.15, 0.2) is 5.82 Å². The lowest BCUT2D eigenvalue weighted by molar-refractivity contribution is 0.415. The first-order valence-corrected chi connectivity index (χ1v) is 7.83. The van der Waals surface area contributed by atoms with Crippen LogP contribution in [-0.2, 0) is 0 Å². The van der Waals surface area contributed by atoms with E-state index in [1.807, 2.05) is 56.3 Å². The molecule has 6 heteroatoms. The van der Waals surface area contributed by atoms with Gasteiger partial charge in [-0.3, -0.25) is 0 Å². The zero-order valence-corrected chi connectivity index (χ0v) is 14.4. The third-order valence-electron chi connectivity index (χ3n) is 3.87. The molecule has 0 saturated carbocycles. The molecule has 3 aromatic rings. The molecule has 0 radical (unpaired) electrons. The minimum absolute atomic E-state index is 0.309. The quantitative estimate of drug-likeness (QED) is 0.726. The van der Waals surface area contributed by atoms with E-state index in [0.717, 1.165) is 17.0 Å². The number of nitrogens with two attached hydrogens (primary N) is 1. The van der Waals surface area contributed by atoms with Crippen molar-refractivity contribution in [1.29, 1.82) is 0 Å². The molecule has 3 rings (SSSR count). The van der Waals surface area contributed by atoms with Crippen LogP contribution in [0.3, 0.4) is 0 Å². The number of benzene rings is 2. The molecule has 0 bridgehead atoms. The van der Waals surface area contributed by atoms with Crippen molar-refractivity contribution < 1.29 is 9.47 Å². The van der Waals surface area contributed by atoms with Gasteiger partial charge < -0.3 is 20.5 Å². The fraction of sp³-hybridized carbons (Fsp3) is 0.158. The zero-order chi connectivity index (χ0) is 17.8. The van der Waals surface area contributed by atoms with Gasteiger partial charge in [-0.15, -0.1) is 0 Å². The van der Waals surface area contributed by atoms with Gasteiger partial charge in [0.25, 0.3) is 0 Å². The van der Waals surface area contributed by atoms with Crippen molar-refractivity contribution in [2.75, 3.05) is 18.2 Å². The summed E-state index contributed by atoms with van der Waals surface area (Å²) in [4.78, 5) is 8.33. The minimum Gasteiger partial charge on any atom is -0.497 e. The summed E-state index contributed by atoms with van der Waals surface area (Å²) in [5.41, 5.74) is 9.65. The van der Waals surface area contributed by atoms with Crippen molar-refractivity contribution in [2.24, 2.45) is 0 Å². The molecule has 0 aliphatic carbocycles. The van der Waals surface area contributed by atoms with Crippen LogP contribution < -0.4 is 20.5 Å². The molecule has 0 spiro atoms. The van der Waals surface area contributed by atoms with E-state index in [0.29, 0.717) is 23.1 Å². The number of methoxy groups -OCH3 is 1. The van der Waals surface area contributed by atoms with Gasteiger partial charge in [0.2, 0.25) is 5.88 Å². The van der Waals surface area contributed by atoms with Gasteiger partial charge in [0, 0.05) is 11.8 Å². The Morgan fingerprint density at radius 2 is 1.80 bits per heavy atom. The number of ether oxygens (including phenoxy) is 2. The zero-order valence-electron chi connectivity index (χ0n) is 14.4. The average Bonchev–Trinajstić information content (AvgIpc) is 2.62. The van der Waals surface area contributed by atoms with Gasteiger partial charge in [-0.05, 0) is 49.2 Å². The van der Waals surface area contributed by atoms with E-state index < -0.39 is 0 Å². The number of aromatic nitrogens is 2. The lowest BCUT2D eigenvalue weighted by atomic mass is 10.1. The van der Waals surface area contributed by atoms with Gasteiger partial charge in [0.1, 0.15) is 23.5 Å². The van der Waals surface area contributed by atoms with Crippen molar-refractivity contribution in [2.45, 2.75) is 13.8 Å². The monoisotopic (exact) mass is 336 g/mol. The Labute approximate surface area is 146 Å². The first-order chi connectivity index (χ1) is 12.1. The normalized spacial score (nSPS) is 10.4. The van der Waals surface area contributed by atoms with Crippen LogP contribution in [-0.4, -0.2) is 17.1 Å². The summed E-state index contributed by atoms with van der Waals surface area (Å²) in [5, 5.41) is 3.16. The Bertz CT molecular complexity index is 896. The Morgan fingerprint density at radius 1 is 0.960 bits per heavy atom. The predicted molar refractivity (Wildman–Crippen MR) is 98.7 cm³/mol.